The lowest BCUT2D eigenvalue weighted by Crippen LogP contribution is -2.27. The molecule has 0 aromatic heterocycles. The summed E-state index contributed by atoms with van der Waals surface area (Å²) < 4.78 is 0. The summed E-state index contributed by atoms with van der Waals surface area (Å²) >= 11 is 0. The molecule has 2 aliphatic heterocycles. The zero-order valence-electron chi connectivity index (χ0n) is 20.6. The summed E-state index contributed by atoms with van der Waals surface area (Å²) in [4.78, 5) is 53.0. The number of hydrogen-bond acceptors (Lipinski definition) is 4. The Morgan fingerprint density at radius 2 is 0.889 bits per heavy atom. The van der Waals surface area contributed by atoms with E-state index in [1.165, 1.54) is 0 Å². The van der Waals surface area contributed by atoms with Gasteiger partial charge >= 0.3 is 0 Å². The molecule has 0 bridgehead atoms. The number of hydrogen-bond donors (Lipinski definition) is 2. The Morgan fingerprint density at radius 1 is 0.556 bits per heavy atom. The van der Waals surface area contributed by atoms with Crippen LogP contribution in [-0.4, -0.2) is 59.6 Å². The predicted molar refractivity (Wildman–Crippen MR) is 139 cm³/mol. The molecule has 2 aromatic carbocycles. The maximum Gasteiger partial charge on any atom is 0.253 e. The van der Waals surface area contributed by atoms with E-state index in [4.69, 9.17) is 0 Å². The van der Waals surface area contributed by atoms with Crippen LogP contribution in [0.4, 0.5) is 11.4 Å². The Hall–Kier alpha value is -3.68. The van der Waals surface area contributed by atoms with E-state index < -0.39 is 0 Å². The van der Waals surface area contributed by atoms with Gasteiger partial charge in [-0.05, 0) is 87.1 Å². The second-order valence-electron chi connectivity index (χ2n) is 9.46. The van der Waals surface area contributed by atoms with Gasteiger partial charge in [0.25, 0.3) is 11.8 Å². The highest BCUT2D eigenvalue weighted by Crippen LogP contribution is 2.17. The Kier molecular flexibility index (Phi) is 8.71. The van der Waals surface area contributed by atoms with Crippen molar-refractivity contribution < 1.29 is 19.2 Å². The minimum atomic E-state index is -0.118. The van der Waals surface area contributed by atoms with Crippen molar-refractivity contribution in [3.8, 4) is 0 Å². The van der Waals surface area contributed by atoms with Crippen LogP contribution in [-0.2, 0) is 9.59 Å². The zero-order chi connectivity index (χ0) is 25.3. The van der Waals surface area contributed by atoms with E-state index in [2.05, 4.69) is 10.6 Å². The van der Waals surface area contributed by atoms with Gasteiger partial charge in [0.1, 0.15) is 0 Å². The van der Waals surface area contributed by atoms with E-state index in [1.54, 1.807) is 48.5 Å². The average Bonchev–Trinajstić information content (AvgIpc) is 3.62. The number of benzene rings is 2. The van der Waals surface area contributed by atoms with Crippen LogP contribution in [0.5, 0.6) is 0 Å². The molecule has 2 N–H and O–H groups in total. The summed E-state index contributed by atoms with van der Waals surface area (Å²) in [5.74, 6) is -0.162. The normalized spacial score (nSPS) is 15.1. The van der Waals surface area contributed by atoms with Gasteiger partial charge in [-0.2, -0.15) is 0 Å². The van der Waals surface area contributed by atoms with Crippen molar-refractivity contribution in [1.29, 1.82) is 0 Å². The van der Waals surface area contributed by atoms with Crippen molar-refractivity contribution in [2.24, 2.45) is 0 Å². The third-order valence-electron chi connectivity index (χ3n) is 6.68. The molecule has 36 heavy (non-hydrogen) atoms. The predicted octanol–water partition coefficient (Wildman–Crippen LogP) is 4.30. The van der Waals surface area contributed by atoms with E-state index in [0.717, 1.165) is 51.9 Å². The fourth-order valence-electron chi connectivity index (χ4n) is 4.62. The molecule has 0 radical (unpaired) electrons. The smallest absolute Gasteiger partial charge is 0.253 e. The van der Waals surface area contributed by atoms with Gasteiger partial charge in [-0.3, -0.25) is 19.2 Å². The van der Waals surface area contributed by atoms with Crippen LogP contribution in [0.25, 0.3) is 0 Å². The number of carbonyl (C=O) groups is 4. The molecule has 4 amide bonds. The first kappa shape index (κ1) is 25.4. The third-order valence-corrected chi connectivity index (χ3v) is 6.68. The molecule has 2 aliphatic rings. The lowest BCUT2D eigenvalue weighted by molar-refractivity contribution is -0.118. The topological polar surface area (TPSA) is 98.8 Å². The van der Waals surface area contributed by atoms with E-state index in [-0.39, 0.29) is 23.6 Å². The molecule has 190 valence electrons. The molecular formula is C28H34N4O4. The molecule has 0 unspecified atom stereocenters. The summed E-state index contributed by atoms with van der Waals surface area (Å²) in [6.07, 6.45) is 6.02. The van der Waals surface area contributed by atoms with Crippen molar-refractivity contribution >= 4 is 35.0 Å². The summed E-state index contributed by atoms with van der Waals surface area (Å²) in [6, 6.07) is 14.0. The first-order valence-corrected chi connectivity index (χ1v) is 12.9. The maximum atomic E-state index is 12.4. The van der Waals surface area contributed by atoms with Crippen molar-refractivity contribution in [1.82, 2.24) is 9.80 Å². The molecule has 2 saturated heterocycles. The molecule has 2 fully saturated rings. The van der Waals surface area contributed by atoms with Crippen LogP contribution in [0.2, 0.25) is 0 Å². The van der Waals surface area contributed by atoms with Gasteiger partial charge in [-0.1, -0.05) is 0 Å². The maximum absolute atomic E-state index is 12.4. The van der Waals surface area contributed by atoms with Crippen LogP contribution >= 0.6 is 0 Å². The van der Waals surface area contributed by atoms with E-state index >= 15 is 0 Å². The molecule has 2 aromatic rings. The van der Waals surface area contributed by atoms with Crippen LogP contribution < -0.4 is 10.6 Å². The largest absolute Gasteiger partial charge is 0.339 e. The minimum absolute atomic E-state index is 0.0372. The van der Waals surface area contributed by atoms with Gasteiger partial charge in [0.2, 0.25) is 11.8 Å². The number of likely N-dealkylation sites (tertiary alicyclic amines) is 2. The fourth-order valence-corrected chi connectivity index (χ4v) is 4.62. The van der Waals surface area contributed by atoms with E-state index in [9.17, 15) is 19.2 Å². The van der Waals surface area contributed by atoms with Crippen molar-refractivity contribution in [3.05, 3.63) is 59.7 Å². The van der Waals surface area contributed by atoms with Crippen molar-refractivity contribution in [3.63, 3.8) is 0 Å². The van der Waals surface area contributed by atoms with Crippen LogP contribution in [0.3, 0.4) is 0 Å². The number of carbonyl (C=O) groups excluding carboxylic acids is 4. The lowest BCUT2D eigenvalue weighted by atomic mass is 10.1. The third kappa shape index (κ3) is 6.93. The number of amides is 4. The molecule has 0 atom stereocenters. The van der Waals surface area contributed by atoms with Gasteiger partial charge in [0.05, 0.1) is 0 Å². The van der Waals surface area contributed by atoms with Crippen molar-refractivity contribution in [2.45, 2.75) is 51.4 Å². The molecule has 8 heteroatoms. The Labute approximate surface area is 212 Å². The van der Waals surface area contributed by atoms with Gasteiger partial charge in [0, 0.05) is 61.5 Å². The second-order valence-corrected chi connectivity index (χ2v) is 9.46. The highest BCUT2D eigenvalue weighted by atomic mass is 16.2. The summed E-state index contributed by atoms with van der Waals surface area (Å²) in [5.41, 5.74) is 2.58. The Morgan fingerprint density at radius 3 is 1.22 bits per heavy atom. The quantitative estimate of drug-likeness (QED) is 0.512. The van der Waals surface area contributed by atoms with Gasteiger partial charge in [-0.15, -0.1) is 0 Å². The van der Waals surface area contributed by atoms with E-state index in [0.29, 0.717) is 48.2 Å². The summed E-state index contributed by atoms with van der Waals surface area (Å²) in [5, 5.41) is 5.69. The second kappa shape index (κ2) is 12.3. The molecule has 0 aliphatic carbocycles. The Bertz CT molecular complexity index is 982. The molecule has 8 nitrogen and oxygen atoms in total. The Balaban J connectivity index is 1.12. The SMILES string of the molecule is O=C(CCCCC(=O)Nc1ccc(C(=O)N2CCCC2)cc1)Nc1ccc(C(=O)N2CCCC2)cc1. The van der Waals surface area contributed by atoms with Crippen molar-refractivity contribution in [2.75, 3.05) is 36.8 Å². The molecule has 2 heterocycles. The first-order chi connectivity index (χ1) is 17.5. The van der Waals surface area contributed by atoms with E-state index in [1.807, 2.05) is 9.80 Å². The van der Waals surface area contributed by atoms with Crippen LogP contribution in [0, 0.1) is 0 Å². The number of nitrogens with one attached hydrogen (secondary N) is 2. The molecule has 0 spiro atoms. The average molecular weight is 491 g/mol. The highest BCUT2D eigenvalue weighted by Gasteiger charge is 2.20. The number of anilines is 2. The zero-order valence-corrected chi connectivity index (χ0v) is 20.6. The standard InChI is InChI=1S/C28H34N4O4/c33-25(29-23-13-9-21(10-14-23)27(35)31-17-3-4-18-31)7-1-2-8-26(34)30-24-15-11-22(12-16-24)28(36)32-19-5-6-20-32/h9-16H,1-8,17-20H2,(H,29,33)(H,30,34). The lowest BCUT2D eigenvalue weighted by Gasteiger charge is -2.15. The highest BCUT2D eigenvalue weighted by molar-refractivity contribution is 5.97. The monoisotopic (exact) mass is 490 g/mol. The van der Waals surface area contributed by atoms with Gasteiger partial charge in [0.15, 0.2) is 0 Å². The summed E-state index contributed by atoms with van der Waals surface area (Å²) in [6.45, 7) is 3.23. The number of rotatable bonds is 9. The van der Waals surface area contributed by atoms with Crippen LogP contribution in [0.1, 0.15) is 72.1 Å². The number of unbranched alkanes of at least 4 members (excludes halogenated alkanes) is 1. The number of nitrogens with zero attached hydrogens (tertiary/aromatic N) is 2. The van der Waals surface area contributed by atoms with Gasteiger partial charge in [-0.25, -0.2) is 0 Å². The summed E-state index contributed by atoms with van der Waals surface area (Å²) in [7, 11) is 0. The molecule has 4 rings (SSSR count). The molecular weight excluding hydrogens is 456 g/mol. The molecule has 0 saturated carbocycles. The van der Waals surface area contributed by atoms with Crippen LogP contribution in [0.15, 0.2) is 48.5 Å². The minimum Gasteiger partial charge on any atom is -0.339 e. The fraction of sp³-hybridized carbons (Fsp3) is 0.429. The first-order valence-electron chi connectivity index (χ1n) is 12.9. The van der Waals surface area contributed by atoms with Gasteiger partial charge < -0.3 is 20.4 Å².